The summed E-state index contributed by atoms with van der Waals surface area (Å²) in [5.41, 5.74) is 2.44. The lowest BCUT2D eigenvalue weighted by atomic mass is 10.2. The summed E-state index contributed by atoms with van der Waals surface area (Å²) in [6, 6.07) is 4.77. The van der Waals surface area contributed by atoms with Crippen LogP contribution >= 0.6 is 11.6 Å². The lowest BCUT2D eigenvalue weighted by Gasteiger charge is -2.15. The van der Waals surface area contributed by atoms with E-state index in [9.17, 15) is 8.42 Å². The fraction of sp³-hybridized carbons (Fsp3) is 0.231. The maximum absolute atomic E-state index is 12.6. The van der Waals surface area contributed by atoms with Gasteiger partial charge < -0.3 is 0 Å². The van der Waals surface area contributed by atoms with E-state index in [0.29, 0.717) is 11.6 Å². The molecule has 104 valence electrons. The van der Waals surface area contributed by atoms with Gasteiger partial charge in [-0.15, -0.1) is 0 Å². The average molecular weight is 310 g/mol. The molecule has 7 heteroatoms. The molecule has 1 aliphatic rings. The number of aryl methyl sites for hydroxylation is 1. The number of aromatic nitrogens is 2. The first-order valence-electron chi connectivity index (χ1n) is 6.02. The van der Waals surface area contributed by atoms with Crippen LogP contribution < -0.4 is 0 Å². The normalized spacial score (nSPS) is 15.3. The van der Waals surface area contributed by atoms with Crippen molar-refractivity contribution in [1.82, 2.24) is 14.3 Å². The summed E-state index contributed by atoms with van der Waals surface area (Å²) in [5, 5.41) is 0.447. The van der Waals surface area contributed by atoms with E-state index in [1.54, 1.807) is 18.3 Å². The molecule has 1 aromatic heterocycles. The van der Waals surface area contributed by atoms with Crippen molar-refractivity contribution in [1.29, 1.82) is 0 Å². The summed E-state index contributed by atoms with van der Waals surface area (Å²) in [4.78, 5) is 8.23. The minimum Gasteiger partial charge on any atom is -0.244 e. The second kappa shape index (κ2) is 4.80. The molecule has 0 N–H and O–H groups in total. The van der Waals surface area contributed by atoms with Crippen molar-refractivity contribution in [2.45, 2.75) is 24.9 Å². The Morgan fingerprint density at radius 1 is 1.30 bits per heavy atom. The number of sulfonamides is 1. The average Bonchev–Trinajstić information content (AvgIpc) is 2.86. The second-order valence-electron chi connectivity index (χ2n) is 4.68. The first-order valence-corrected chi connectivity index (χ1v) is 7.84. The van der Waals surface area contributed by atoms with Gasteiger partial charge in [-0.2, -0.15) is 4.31 Å². The van der Waals surface area contributed by atoms with Crippen LogP contribution in [0.5, 0.6) is 0 Å². The van der Waals surface area contributed by atoms with Gasteiger partial charge in [-0.05, 0) is 24.6 Å². The molecule has 5 nitrogen and oxygen atoms in total. The first kappa shape index (κ1) is 13.5. The standard InChI is InChI=1S/C13H12ClN3O2S/c1-9-2-3-11(4-12(9)14)20(18,19)17-6-10-5-15-8-16-13(10)7-17/h2-5,8H,6-7H2,1H3. The third-order valence-corrected chi connectivity index (χ3v) is 5.53. The van der Waals surface area contributed by atoms with Crippen LogP contribution in [-0.2, 0) is 23.1 Å². The van der Waals surface area contributed by atoms with Crippen molar-refractivity contribution in [3.8, 4) is 0 Å². The quantitative estimate of drug-likeness (QED) is 0.852. The van der Waals surface area contributed by atoms with Gasteiger partial charge in [0.05, 0.1) is 17.1 Å². The van der Waals surface area contributed by atoms with E-state index in [4.69, 9.17) is 11.6 Å². The molecule has 0 spiro atoms. The molecule has 0 amide bonds. The summed E-state index contributed by atoms with van der Waals surface area (Å²) >= 11 is 6.01. The fourth-order valence-corrected chi connectivity index (χ4v) is 3.78. The van der Waals surface area contributed by atoms with Crippen LogP contribution in [0.25, 0.3) is 0 Å². The third-order valence-electron chi connectivity index (χ3n) is 3.34. The van der Waals surface area contributed by atoms with Crippen LogP contribution in [0.15, 0.2) is 35.6 Å². The van der Waals surface area contributed by atoms with E-state index >= 15 is 0 Å². The number of fused-ring (bicyclic) bond motifs is 1. The molecule has 0 unspecified atom stereocenters. The maximum atomic E-state index is 12.6. The van der Waals surface area contributed by atoms with Crippen molar-refractivity contribution < 1.29 is 8.42 Å². The molecule has 3 rings (SSSR count). The minimum atomic E-state index is -3.56. The Labute approximate surface area is 122 Å². The van der Waals surface area contributed by atoms with E-state index in [2.05, 4.69) is 9.97 Å². The van der Waals surface area contributed by atoms with Crippen molar-refractivity contribution in [2.24, 2.45) is 0 Å². The van der Waals surface area contributed by atoms with Crippen molar-refractivity contribution in [3.05, 3.63) is 52.6 Å². The van der Waals surface area contributed by atoms with Crippen molar-refractivity contribution in [2.75, 3.05) is 0 Å². The highest BCUT2D eigenvalue weighted by atomic mass is 35.5. The molecule has 20 heavy (non-hydrogen) atoms. The highest BCUT2D eigenvalue weighted by Gasteiger charge is 2.31. The molecule has 0 aliphatic carbocycles. The lowest BCUT2D eigenvalue weighted by Crippen LogP contribution is -2.25. The maximum Gasteiger partial charge on any atom is 0.243 e. The van der Waals surface area contributed by atoms with Gasteiger partial charge in [-0.25, -0.2) is 18.4 Å². The molecule has 1 aromatic carbocycles. The van der Waals surface area contributed by atoms with Gasteiger partial charge in [0.1, 0.15) is 6.33 Å². The Bertz CT molecular complexity index is 752. The van der Waals surface area contributed by atoms with Crippen LogP contribution in [0, 0.1) is 6.92 Å². The predicted octanol–water partition coefficient (Wildman–Crippen LogP) is 2.14. The Morgan fingerprint density at radius 2 is 2.10 bits per heavy atom. The number of hydrogen-bond acceptors (Lipinski definition) is 4. The predicted molar refractivity (Wildman–Crippen MR) is 74.7 cm³/mol. The monoisotopic (exact) mass is 309 g/mol. The fourth-order valence-electron chi connectivity index (χ4n) is 2.12. The molecular weight excluding hydrogens is 298 g/mol. The van der Waals surface area contributed by atoms with Crippen LogP contribution in [0.3, 0.4) is 0 Å². The zero-order valence-corrected chi connectivity index (χ0v) is 12.3. The third kappa shape index (κ3) is 2.19. The first-order chi connectivity index (χ1) is 9.48. The largest absolute Gasteiger partial charge is 0.244 e. The van der Waals surface area contributed by atoms with Gasteiger partial charge in [0.2, 0.25) is 10.0 Å². The van der Waals surface area contributed by atoms with E-state index in [-0.39, 0.29) is 11.4 Å². The molecule has 0 radical (unpaired) electrons. The number of nitrogens with zero attached hydrogens (tertiary/aromatic N) is 3. The van der Waals surface area contributed by atoms with Gasteiger partial charge in [0.25, 0.3) is 0 Å². The number of hydrogen-bond donors (Lipinski definition) is 0. The Morgan fingerprint density at radius 3 is 2.80 bits per heavy atom. The van der Waals surface area contributed by atoms with Gasteiger partial charge in [-0.1, -0.05) is 17.7 Å². The molecule has 0 saturated carbocycles. The minimum absolute atomic E-state index is 0.203. The van der Waals surface area contributed by atoms with Crippen LogP contribution in [0.4, 0.5) is 0 Å². The molecule has 2 aromatic rings. The zero-order chi connectivity index (χ0) is 14.3. The van der Waals surface area contributed by atoms with E-state index in [0.717, 1.165) is 16.8 Å². The van der Waals surface area contributed by atoms with E-state index in [1.165, 1.54) is 16.7 Å². The van der Waals surface area contributed by atoms with Gasteiger partial charge in [-0.3, -0.25) is 0 Å². The summed E-state index contributed by atoms with van der Waals surface area (Å²) in [6.45, 7) is 2.40. The van der Waals surface area contributed by atoms with Crippen LogP contribution in [0.1, 0.15) is 16.8 Å². The molecular formula is C13H12ClN3O2S. The Kier molecular flexibility index (Phi) is 3.24. The number of benzene rings is 1. The van der Waals surface area contributed by atoms with E-state index in [1.807, 2.05) is 6.92 Å². The molecule has 0 saturated heterocycles. The van der Waals surface area contributed by atoms with Gasteiger partial charge in [0.15, 0.2) is 0 Å². The smallest absolute Gasteiger partial charge is 0.243 e. The summed E-state index contributed by atoms with van der Waals surface area (Å²) in [5.74, 6) is 0. The molecule has 0 fully saturated rings. The number of rotatable bonds is 2. The summed E-state index contributed by atoms with van der Waals surface area (Å²) in [7, 11) is -3.56. The van der Waals surface area contributed by atoms with E-state index < -0.39 is 10.0 Å². The van der Waals surface area contributed by atoms with Crippen molar-refractivity contribution >= 4 is 21.6 Å². The molecule has 2 heterocycles. The zero-order valence-electron chi connectivity index (χ0n) is 10.7. The molecule has 0 bridgehead atoms. The van der Waals surface area contributed by atoms with Crippen molar-refractivity contribution in [3.63, 3.8) is 0 Å². The Hall–Kier alpha value is -1.50. The highest BCUT2D eigenvalue weighted by Crippen LogP contribution is 2.28. The van der Waals surface area contributed by atoms with Gasteiger partial charge in [0, 0.05) is 23.3 Å². The SMILES string of the molecule is Cc1ccc(S(=O)(=O)N2Cc3cncnc3C2)cc1Cl. The van der Waals surface area contributed by atoms with Crippen LogP contribution in [0.2, 0.25) is 5.02 Å². The topological polar surface area (TPSA) is 63.2 Å². The number of halogens is 1. The summed E-state index contributed by atoms with van der Waals surface area (Å²) < 4.78 is 26.6. The second-order valence-corrected chi connectivity index (χ2v) is 7.02. The molecule has 1 aliphatic heterocycles. The summed E-state index contributed by atoms with van der Waals surface area (Å²) in [6.07, 6.45) is 3.08. The van der Waals surface area contributed by atoms with Crippen LogP contribution in [-0.4, -0.2) is 22.7 Å². The van der Waals surface area contributed by atoms with Gasteiger partial charge >= 0.3 is 0 Å². The molecule has 0 atom stereocenters. The Balaban J connectivity index is 1.96. The lowest BCUT2D eigenvalue weighted by molar-refractivity contribution is 0.429. The highest BCUT2D eigenvalue weighted by molar-refractivity contribution is 7.89.